The van der Waals surface area contributed by atoms with Crippen molar-refractivity contribution >= 4 is 17.6 Å². The van der Waals surface area contributed by atoms with Gasteiger partial charge in [0, 0.05) is 31.2 Å². The molecule has 1 fully saturated rings. The van der Waals surface area contributed by atoms with E-state index >= 15 is 0 Å². The molecule has 1 saturated heterocycles. The molecule has 27 heavy (non-hydrogen) atoms. The summed E-state index contributed by atoms with van der Waals surface area (Å²) in [7, 11) is 0. The Morgan fingerprint density at radius 1 is 1.11 bits per heavy atom. The summed E-state index contributed by atoms with van der Waals surface area (Å²) in [6.45, 7) is 3.04. The van der Waals surface area contributed by atoms with E-state index in [4.69, 9.17) is 0 Å². The highest BCUT2D eigenvalue weighted by Crippen LogP contribution is 2.19. The number of carbonyl (C=O) groups excluding carboxylic acids is 2. The molecule has 0 aromatic heterocycles. The molecule has 5 nitrogen and oxygen atoms in total. The number of amides is 3. The molecule has 2 N–H and O–H groups in total. The van der Waals surface area contributed by atoms with E-state index in [0.717, 1.165) is 11.3 Å². The topological polar surface area (TPSA) is 61.4 Å². The molecule has 0 unspecified atom stereocenters. The Balaban J connectivity index is 1.44. The predicted molar refractivity (Wildman–Crippen MR) is 103 cm³/mol. The van der Waals surface area contributed by atoms with E-state index in [1.54, 1.807) is 24.0 Å². The van der Waals surface area contributed by atoms with Crippen molar-refractivity contribution in [2.45, 2.75) is 26.3 Å². The van der Waals surface area contributed by atoms with Gasteiger partial charge in [-0.3, -0.25) is 4.79 Å². The largest absolute Gasteiger partial charge is 0.334 e. The first-order valence-corrected chi connectivity index (χ1v) is 9.16. The van der Waals surface area contributed by atoms with E-state index < -0.39 is 0 Å². The number of hydrogen-bond donors (Lipinski definition) is 2. The van der Waals surface area contributed by atoms with Crippen LogP contribution in [0.1, 0.15) is 24.0 Å². The lowest BCUT2D eigenvalue weighted by Crippen LogP contribution is -2.45. The van der Waals surface area contributed by atoms with Crippen LogP contribution < -0.4 is 10.6 Å². The predicted octanol–water partition coefficient (Wildman–Crippen LogP) is 3.69. The quantitative estimate of drug-likeness (QED) is 0.863. The fourth-order valence-corrected chi connectivity index (χ4v) is 3.15. The molecule has 3 rings (SSSR count). The molecule has 142 valence electrons. The Hall–Kier alpha value is -2.89. The summed E-state index contributed by atoms with van der Waals surface area (Å²) < 4.78 is 13.6. The highest BCUT2D eigenvalue weighted by molar-refractivity contribution is 5.92. The van der Waals surface area contributed by atoms with Gasteiger partial charge in [-0.15, -0.1) is 0 Å². The van der Waals surface area contributed by atoms with Crippen molar-refractivity contribution < 1.29 is 14.0 Å². The number of carbonyl (C=O) groups is 2. The highest BCUT2D eigenvalue weighted by Gasteiger charge is 2.27. The molecule has 0 atom stereocenters. The van der Waals surface area contributed by atoms with E-state index in [1.807, 2.05) is 30.3 Å². The standard InChI is InChI=1S/C21H24FN3O2/c1-15-7-8-16(13-19(15)22)14-23-21(27)25-11-9-17(10-12-25)20(26)24-18-5-3-2-4-6-18/h2-8,13,17H,9-12,14H2,1H3,(H,23,27)(H,24,26). The molecular weight excluding hydrogens is 345 g/mol. The molecule has 0 radical (unpaired) electrons. The lowest BCUT2D eigenvalue weighted by molar-refractivity contribution is -0.121. The number of anilines is 1. The van der Waals surface area contributed by atoms with Gasteiger partial charge in [-0.1, -0.05) is 30.3 Å². The molecule has 1 aliphatic rings. The Bertz CT molecular complexity index is 802. The van der Waals surface area contributed by atoms with Gasteiger partial charge in [-0.05, 0) is 49.1 Å². The molecule has 3 amide bonds. The minimum absolute atomic E-state index is 0.00334. The Morgan fingerprint density at radius 3 is 2.48 bits per heavy atom. The van der Waals surface area contributed by atoms with Crippen molar-refractivity contribution in [2.75, 3.05) is 18.4 Å². The maximum absolute atomic E-state index is 13.6. The Labute approximate surface area is 158 Å². The monoisotopic (exact) mass is 369 g/mol. The number of halogens is 1. The molecule has 0 aliphatic carbocycles. The zero-order valence-corrected chi connectivity index (χ0v) is 15.4. The van der Waals surface area contributed by atoms with Crippen LogP contribution in [0.5, 0.6) is 0 Å². The van der Waals surface area contributed by atoms with Crippen molar-refractivity contribution in [3.63, 3.8) is 0 Å². The Morgan fingerprint density at radius 2 is 1.81 bits per heavy atom. The van der Waals surface area contributed by atoms with Crippen molar-refractivity contribution in [3.05, 3.63) is 65.5 Å². The normalized spacial score (nSPS) is 14.7. The third-order valence-corrected chi connectivity index (χ3v) is 4.87. The zero-order valence-electron chi connectivity index (χ0n) is 15.4. The summed E-state index contributed by atoms with van der Waals surface area (Å²) >= 11 is 0. The van der Waals surface area contributed by atoms with Crippen LogP contribution in [0.4, 0.5) is 14.9 Å². The first kappa shape index (κ1) is 18.9. The van der Waals surface area contributed by atoms with E-state index in [-0.39, 0.29) is 30.2 Å². The number of nitrogens with zero attached hydrogens (tertiary/aromatic N) is 1. The highest BCUT2D eigenvalue weighted by atomic mass is 19.1. The first-order valence-electron chi connectivity index (χ1n) is 9.16. The second-order valence-electron chi connectivity index (χ2n) is 6.86. The van der Waals surface area contributed by atoms with E-state index in [9.17, 15) is 14.0 Å². The van der Waals surface area contributed by atoms with Crippen molar-refractivity contribution in [3.8, 4) is 0 Å². The van der Waals surface area contributed by atoms with Crippen LogP contribution >= 0.6 is 0 Å². The number of benzene rings is 2. The maximum Gasteiger partial charge on any atom is 0.317 e. The second kappa shape index (κ2) is 8.66. The number of aryl methyl sites for hydroxylation is 1. The van der Waals surface area contributed by atoms with Crippen molar-refractivity contribution in [1.82, 2.24) is 10.2 Å². The Kier molecular flexibility index (Phi) is 6.06. The SMILES string of the molecule is Cc1ccc(CNC(=O)N2CCC(C(=O)Nc3ccccc3)CC2)cc1F. The van der Waals surface area contributed by atoms with Crippen LogP contribution in [-0.4, -0.2) is 29.9 Å². The summed E-state index contributed by atoms with van der Waals surface area (Å²) in [6.07, 6.45) is 1.26. The number of piperidine rings is 1. The zero-order chi connectivity index (χ0) is 19.2. The average Bonchev–Trinajstić information content (AvgIpc) is 2.69. The molecule has 2 aromatic rings. The third kappa shape index (κ3) is 5.06. The number of hydrogen-bond acceptors (Lipinski definition) is 2. The minimum Gasteiger partial charge on any atom is -0.334 e. The lowest BCUT2D eigenvalue weighted by atomic mass is 9.96. The van der Waals surface area contributed by atoms with Crippen LogP contribution in [0.15, 0.2) is 48.5 Å². The van der Waals surface area contributed by atoms with Gasteiger partial charge in [-0.25, -0.2) is 9.18 Å². The number of para-hydroxylation sites is 1. The van der Waals surface area contributed by atoms with Gasteiger partial charge in [-0.2, -0.15) is 0 Å². The molecule has 2 aromatic carbocycles. The van der Waals surface area contributed by atoms with Gasteiger partial charge in [0.1, 0.15) is 5.82 Å². The van der Waals surface area contributed by atoms with Crippen LogP contribution in [0.25, 0.3) is 0 Å². The number of likely N-dealkylation sites (tertiary alicyclic amines) is 1. The number of nitrogens with one attached hydrogen (secondary N) is 2. The summed E-state index contributed by atoms with van der Waals surface area (Å²) in [6, 6.07) is 14.1. The minimum atomic E-state index is -0.271. The molecule has 1 aliphatic heterocycles. The molecule has 0 bridgehead atoms. The number of urea groups is 1. The third-order valence-electron chi connectivity index (χ3n) is 4.87. The number of rotatable bonds is 4. The molecule has 0 spiro atoms. The van der Waals surface area contributed by atoms with Crippen LogP contribution in [0.3, 0.4) is 0 Å². The van der Waals surface area contributed by atoms with Crippen molar-refractivity contribution in [2.24, 2.45) is 5.92 Å². The van der Waals surface area contributed by atoms with Crippen LogP contribution in [0, 0.1) is 18.7 Å². The van der Waals surface area contributed by atoms with Gasteiger partial charge in [0.25, 0.3) is 0 Å². The van der Waals surface area contributed by atoms with E-state index in [1.165, 1.54) is 6.07 Å². The first-order chi connectivity index (χ1) is 13.0. The van der Waals surface area contributed by atoms with Gasteiger partial charge in [0.2, 0.25) is 5.91 Å². The fourth-order valence-electron chi connectivity index (χ4n) is 3.15. The van der Waals surface area contributed by atoms with Gasteiger partial charge < -0.3 is 15.5 Å². The van der Waals surface area contributed by atoms with E-state index in [0.29, 0.717) is 31.5 Å². The smallest absolute Gasteiger partial charge is 0.317 e. The van der Waals surface area contributed by atoms with Gasteiger partial charge >= 0.3 is 6.03 Å². The van der Waals surface area contributed by atoms with Gasteiger partial charge in [0.05, 0.1) is 0 Å². The average molecular weight is 369 g/mol. The van der Waals surface area contributed by atoms with Crippen LogP contribution in [-0.2, 0) is 11.3 Å². The van der Waals surface area contributed by atoms with Crippen LogP contribution in [0.2, 0.25) is 0 Å². The maximum atomic E-state index is 13.6. The van der Waals surface area contributed by atoms with Crippen molar-refractivity contribution in [1.29, 1.82) is 0 Å². The molecule has 0 saturated carbocycles. The molecular formula is C21H24FN3O2. The summed E-state index contributed by atoms with van der Waals surface area (Å²) in [5.74, 6) is -0.371. The van der Waals surface area contributed by atoms with Gasteiger partial charge in [0.15, 0.2) is 0 Å². The lowest BCUT2D eigenvalue weighted by Gasteiger charge is -2.31. The summed E-state index contributed by atoms with van der Waals surface area (Å²) in [4.78, 5) is 26.4. The summed E-state index contributed by atoms with van der Waals surface area (Å²) in [5.41, 5.74) is 2.09. The molecule has 1 heterocycles. The van der Waals surface area contributed by atoms with E-state index in [2.05, 4.69) is 10.6 Å². The molecule has 6 heteroatoms. The second-order valence-corrected chi connectivity index (χ2v) is 6.86. The summed E-state index contributed by atoms with van der Waals surface area (Å²) in [5, 5.41) is 5.74. The fraction of sp³-hybridized carbons (Fsp3) is 0.333.